The number of rotatable bonds is 6. The van der Waals surface area contributed by atoms with Crippen molar-refractivity contribution in [2.45, 2.75) is 12.8 Å². The maximum atomic E-state index is 10.8. The average Bonchev–Trinajstić information content (AvgIpc) is 2.01. The first kappa shape index (κ1) is 10.9. The number of ether oxygens (including phenoxy) is 1. The van der Waals surface area contributed by atoms with Crippen LogP contribution in [0, 0.1) is 0 Å². The number of carbonyl (C=O) groups excluding carboxylic acids is 1. The van der Waals surface area contributed by atoms with Crippen LogP contribution in [0.4, 0.5) is 0 Å². The number of carboxylic acid groups (broad SMARTS) is 1. The molecule has 0 fully saturated rings. The Hall–Kier alpha value is -1.10. The van der Waals surface area contributed by atoms with Gasteiger partial charge in [0, 0.05) is 20.1 Å². The molecule has 0 unspecified atom stereocenters. The Morgan fingerprint density at radius 3 is 2.58 bits per heavy atom. The number of amides is 1. The van der Waals surface area contributed by atoms with Gasteiger partial charge in [-0.25, -0.2) is 0 Å². The molecule has 0 aliphatic heterocycles. The lowest BCUT2D eigenvalue weighted by molar-refractivity contribution is -0.138. The molecule has 0 bridgehead atoms. The summed E-state index contributed by atoms with van der Waals surface area (Å²) in [6.45, 7) is 0.869. The molecule has 0 radical (unpaired) electrons. The number of carbonyl (C=O) groups is 2. The summed E-state index contributed by atoms with van der Waals surface area (Å²) in [5, 5.41) is 10.7. The van der Waals surface area contributed by atoms with Gasteiger partial charge in [-0.05, 0) is 0 Å². The molecule has 5 heteroatoms. The molecule has 0 saturated carbocycles. The third-order valence-electron chi connectivity index (χ3n) is 1.19. The van der Waals surface area contributed by atoms with E-state index in [2.05, 4.69) is 10.1 Å². The molecular formula is C7H13NO4. The predicted molar refractivity (Wildman–Crippen MR) is 41.8 cm³/mol. The molecule has 70 valence electrons. The highest BCUT2D eigenvalue weighted by molar-refractivity contribution is 5.80. The number of hydrogen-bond donors (Lipinski definition) is 2. The van der Waals surface area contributed by atoms with Crippen LogP contribution >= 0.6 is 0 Å². The molecule has 2 N–H and O–H groups in total. The van der Waals surface area contributed by atoms with Gasteiger partial charge in [0.15, 0.2) is 0 Å². The topological polar surface area (TPSA) is 75.6 Å². The molecule has 12 heavy (non-hydrogen) atoms. The lowest BCUT2D eigenvalue weighted by atomic mass is 10.3. The van der Waals surface area contributed by atoms with Gasteiger partial charge in [0.05, 0.1) is 13.0 Å². The zero-order valence-corrected chi connectivity index (χ0v) is 7.00. The Bertz CT molecular complexity index is 157. The summed E-state index contributed by atoms with van der Waals surface area (Å²) >= 11 is 0. The zero-order chi connectivity index (χ0) is 9.40. The van der Waals surface area contributed by atoms with E-state index in [1.807, 2.05) is 0 Å². The van der Waals surface area contributed by atoms with E-state index in [4.69, 9.17) is 5.11 Å². The number of carboxylic acids is 1. The van der Waals surface area contributed by atoms with Crippen molar-refractivity contribution in [3.05, 3.63) is 0 Å². The van der Waals surface area contributed by atoms with Gasteiger partial charge in [-0.15, -0.1) is 0 Å². The quantitative estimate of drug-likeness (QED) is 0.539. The van der Waals surface area contributed by atoms with Crippen LogP contribution in [0.1, 0.15) is 12.8 Å². The SMILES string of the molecule is COCCNC(=O)CCC(=O)O. The Balaban J connectivity index is 3.28. The molecule has 0 aromatic rings. The van der Waals surface area contributed by atoms with E-state index in [1.54, 1.807) is 0 Å². The van der Waals surface area contributed by atoms with Crippen LogP contribution in [0.3, 0.4) is 0 Å². The molecule has 0 aliphatic carbocycles. The second-order valence-corrected chi connectivity index (χ2v) is 2.24. The first-order valence-electron chi connectivity index (χ1n) is 3.64. The molecule has 0 heterocycles. The Labute approximate surface area is 70.7 Å². The van der Waals surface area contributed by atoms with Gasteiger partial charge in [0.2, 0.25) is 5.91 Å². The summed E-state index contributed by atoms with van der Waals surface area (Å²) < 4.78 is 4.69. The van der Waals surface area contributed by atoms with Gasteiger partial charge >= 0.3 is 5.97 Å². The van der Waals surface area contributed by atoms with Crippen molar-refractivity contribution >= 4 is 11.9 Å². The van der Waals surface area contributed by atoms with Crippen LogP contribution in [0.25, 0.3) is 0 Å². The second kappa shape index (κ2) is 6.60. The van der Waals surface area contributed by atoms with Gasteiger partial charge in [-0.2, -0.15) is 0 Å². The monoisotopic (exact) mass is 175 g/mol. The fourth-order valence-corrected chi connectivity index (χ4v) is 0.601. The van der Waals surface area contributed by atoms with Crippen molar-refractivity contribution < 1.29 is 19.4 Å². The maximum absolute atomic E-state index is 10.8. The van der Waals surface area contributed by atoms with E-state index < -0.39 is 5.97 Å². The van der Waals surface area contributed by atoms with E-state index in [-0.39, 0.29) is 18.7 Å². The minimum Gasteiger partial charge on any atom is -0.481 e. The molecule has 0 atom stereocenters. The fraction of sp³-hybridized carbons (Fsp3) is 0.714. The Morgan fingerprint density at radius 1 is 1.42 bits per heavy atom. The smallest absolute Gasteiger partial charge is 0.303 e. The highest BCUT2D eigenvalue weighted by atomic mass is 16.5. The number of aliphatic carboxylic acids is 1. The largest absolute Gasteiger partial charge is 0.481 e. The second-order valence-electron chi connectivity index (χ2n) is 2.24. The zero-order valence-electron chi connectivity index (χ0n) is 7.00. The van der Waals surface area contributed by atoms with Crippen molar-refractivity contribution in [1.82, 2.24) is 5.32 Å². The standard InChI is InChI=1S/C7H13NO4/c1-12-5-4-8-6(9)2-3-7(10)11/h2-5H2,1H3,(H,8,9)(H,10,11). The van der Waals surface area contributed by atoms with Crippen molar-refractivity contribution in [2.75, 3.05) is 20.3 Å². The van der Waals surface area contributed by atoms with E-state index in [1.165, 1.54) is 7.11 Å². The van der Waals surface area contributed by atoms with Gasteiger partial charge in [-0.1, -0.05) is 0 Å². The molecule has 0 rings (SSSR count). The number of hydrogen-bond acceptors (Lipinski definition) is 3. The molecule has 0 aromatic carbocycles. The third-order valence-corrected chi connectivity index (χ3v) is 1.19. The molecule has 1 amide bonds. The van der Waals surface area contributed by atoms with E-state index >= 15 is 0 Å². The highest BCUT2D eigenvalue weighted by Gasteiger charge is 2.03. The van der Waals surface area contributed by atoms with E-state index in [0.29, 0.717) is 13.2 Å². The van der Waals surface area contributed by atoms with Gasteiger partial charge < -0.3 is 15.2 Å². The van der Waals surface area contributed by atoms with Crippen molar-refractivity contribution in [2.24, 2.45) is 0 Å². The highest BCUT2D eigenvalue weighted by Crippen LogP contribution is 1.87. The van der Waals surface area contributed by atoms with Gasteiger partial charge in [0.1, 0.15) is 0 Å². The normalized spacial score (nSPS) is 9.42. The molecule has 0 saturated heterocycles. The van der Waals surface area contributed by atoms with Crippen LogP contribution in [-0.2, 0) is 14.3 Å². The number of nitrogens with one attached hydrogen (secondary N) is 1. The van der Waals surface area contributed by atoms with E-state index in [9.17, 15) is 9.59 Å². The van der Waals surface area contributed by atoms with Crippen molar-refractivity contribution in [3.63, 3.8) is 0 Å². The lowest BCUT2D eigenvalue weighted by Gasteiger charge is -2.01. The Kier molecular flexibility index (Phi) is 6.00. The van der Waals surface area contributed by atoms with Crippen LogP contribution in [0.15, 0.2) is 0 Å². The third kappa shape index (κ3) is 7.01. The predicted octanol–water partition coefficient (Wildman–Crippen LogP) is -0.386. The van der Waals surface area contributed by atoms with Crippen LogP contribution in [0.5, 0.6) is 0 Å². The maximum Gasteiger partial charge on any atom is 0.303 e. The molecule has 5 nitrogen and oxygen atoms in total. The van der Waals surface area contributed by atoms with Gasteiger partial charge in [-0.3, -0.25) is 9.59 Å². The Morgan fingerprint density at radius 2 is 2.08 bits per heavy atom. The minimum atomic E-state index is -0.961. The lowest BCUT2D eigenvalue weighted by Crippen LogP contribution is -2.27. The fourth-order valence-electron chi connectivity index (χ4n) is 0.601. The first-order valence-corrected chi connectivity index (χ1v) is 3.64. The van der Waals surface area contributed by atoms with Crippen molar-refractivity contribution in [1.29, 1.82) is 0 Å². The summed E-state index contributed by atoms with van der Waals surface area (Å²) in [5.41, 5.74) is 0. The minimum absolute atomic E-state index is 0.0268. The van der Waals surface area contributed by atoms with Gasteiger partial charge in [0.25, 0.3) is 0 Å². The van der Waals surface area contributed by atoms with E-state index in [0.717, 1.165) is 0 Å². The van der Waals surface area contributed by atoms with Crippen LogP contribution < -0.4 is 5.32 Å². The first-order chi connectivity index (χ1) is 5.66. The van der Waals surface area contributed by atoms with Crippen LogP contribution in [-0.4, -0.2) is 37.2 Å². The molecule has 0 aliphatic rings. The summed E-state index contributed by atoms with van der Waals surface area (Å²) in [6, 6.07) is 0. The van der Waals surface area contributed by atoms with Crippen molar-refractivity contribution in [3.8, 4) is 0 Å². The van der Waals surface area contributed by atoms with Crippen LogP contribution in [0.2, 0.25) is 0 Å². The molecule has 0 spiro atoms. The summed E-state index contributed by atoms with van der Waals surface area (Å²) in [6.07, 6.45) is -0.0993. The summed E-state index contributed by atoms with van der Waals surface area (Å²) in [7, 11) is 1.53. The summed E-state index contributed by atoms with van der Waals surface area (Å²) in [5.74, 6) is -1.22. The number of methoxy groups -OCH3 is 1. The summed E-state index contributed by atoms with van der Waals surface area (Å²) in [4.78, 5) is 20.8. The average molecular weight is 175 g/mol. The molecular weight excluding hydrogens is 162 g/mol. The molecule has 0 aromatic heterocycles.